The molecule has 2 rings (SSSR count). The quantitative estimate of drug-likeness (QED) is 0.790. The number of alkyl halides is 6. The second-order valence-electron chi connectivity index (χ2n) is 4.96. The summed E-state index contributed by atoms with van der Waals surface area (Å²) in [6.07, 6.45) is -13.1. The number of benzene rings is 1. The fraction of sp³-hybridized carbons (Fsp3) is 0.462. The molecular weight excluding hydrogens is 364 g/mol. The van der Waals surface area contributed by atoms with Crippen LogP contribution in [0, 0.1) is 0 Å². The van der Waals surface area contributed by atoms with E-state index in [1.165, 1.54) is 6.92 Å². The van der Waals surface area contributed by atoms with Crippen molar-refractivity contribution in [3.63, 3.8) is 0 Å². The molecule has 25 heavy (non-hydrogen) atoms. The summed E-state index contributed by atoms with van der Waals surface area (Å²) in [6.45, 7) is 1.27. The zero-order valence-electron chi connectivity index (χ0n) is 12.3. The van der Waals surface area contributed by atoms with Crippen LogP contribution in [0.25, 0.3) is 0 Å². The molecule has 1 aromatic rings. The van der Waals surface area contributed by atoms with Gasteiger partial charge in [-0.3, -0.25) is 0 Å². The summed E-state index contributed by atoms with van der Waals surface area (Å²) >= 11 is 0. The Morgan fingerprint density at radius 3 is 1.88 bits per heavy atom. The van der Waals surface area contributed by atoms with Gasteiger partial charge in [-0.1, -0.05) is 0 Å². The number of aliphatic hydroxyl groups is 2. The zero-order valence-corrected chi connectivity index (χ0v) is 12.3. The van der Waals surface area contributed by atoms with Crippen molar-refractivity contribution < 1.29 is 50.8 Å². The van der Waals surface area contributed by atoms with Crippen molar-refractivity contribution in [2.75, 3.05) is 0 Å². The Kier molecular flexibility index (Phi) is 5.04. The average Bonchev–Trinajstić information content (AvgIpc) is 2.76. The molecule has 0 aliphatic carbocycles. The summed E-state index contributed by atoms with van der Waals surface area (Å²) < 4.78 is 86.0. The van der Waals surface area contributed by atoms with Crippen LogP contribution in [-0.2, 0) is 4.74 Å². The minimum atomic E-state index is -5.16. The van der Waals surface area contributed by atoms with E-state index in [1.54, 1.807) is 0 Å². The van der Waals surface area contributed by atoms with Crippen LogP contribution in [0.1, 0.15) is 12.5 Å². The van der Waals surface area contributed by atoms with Gasteiger partial charge in [0.15, 0.2) is 0 Å². The summed E-state index contributed by atoms with van der Waals surface area (Å²) in [7, 11) is 0. The first kappa shape index (κ1) is 19.1. The smallest absolute Gasteiger partial charge is 0.445 e. The molecule has 0 saturated carbocycles. The van der Waals surface area contributed by atoms with Crippen LogP contribution in [0.5, 0.6) is 11.5 Å². The third kappa shape index (κ3) is 5.39. The Balaban J connectivity index is 2.41. The number of halogens is 6. The van der Waals surface area contributed by atoms with Gasteiger partial charge in [-0.05, 0) is 19.1 Å². The lowest BCUT2D eigenvalue weighted by molar-refractivity contribution is -0.276. The van der Waals surface area contributed by atoms with Gasteiger partial charge in [0.25, 0.3) is 0 Å². The van der Waals surface area contributed by atoms with Crippen molar-refractivity contribution in [3.8, 4) is 11.5 Å². The predicted molar refractivity (Wildman–Crippen MR) is 68.9 cm³/mol. The van der Waals surface area contributed by atoms with Crippen molar-refractivity contribution in [2.24, 2.45) is 4.99 Å². The molecule has 2 N–H and O–H groups in total. The van der Waals surface area contributed by atoms with E-state index in [0.29, 0.717) is 18.2 Å². The molecule has 0 fully saturated rings. The van der Waals surface area contributed by atoms with Gasteiger partial charge < -0.3 is 24.4 Å². The minimum Gasteiger partial charge on any atom is -0.445 e. The number of hydrogen-bond donors (Lipinski definition) is 2. The largest absolute Gasteiger partial charge is 0.573 e. The molecule has 6 nitrogen and oxygen atoms in total. The molecule has 0 radical (unpaired) electrons. The average molecular weight is 375 g/mol. The lowest BCUT2D eigenvalue weighted by Gasteiger charge is -2.15. The lowest BCUT2D eigenvalue weighted by Crippen LogP contribution is -2.31. The summed E-state index contributed by atoms with van der Waals surface area (Å²) in [5, 5.41) is 19.0. The monoisotopic (exact) mass is 375 g/mol. The molecule has 0 amide bonds. The van der Waals surface area contributed by atoms with Crippen LogP contribution in [0.15, 0.2) is 23.2 Å². The molecule has 0 aromatic heterocycles. The van der Waals surface area contributed by atoms with E-state index < -0.39 is 48.6 Å². The number of hydrogen-bond acceptors (Lipinski definition) is 6. The standard InChI is InChI=1S/C13H11F6NO5/c1-5(21)9-11(22)23-10(20-9)6-2-7(24-12(14,15)16)4-8(3-6)25-13(17,18)19/h2-5,9,11,21-22H,1H3. The van der Waals surface area contributed by atoms with Gasteiger partial charge in [-0.2, -0.15) is 0 Å². The molecule has 12 heteroatoms. The highest BCUT2D eigenvalue weighted by Crippen LogP contribution is 2.32. The molecule has 140 valence electrons. The van der Waals surface area contributed by atoms with Gasteiger partial charge >= 0.3 is 12.7 Å². The van der Waals surface area contributed by atoms with Crippen molar-refractivity contribution in [1.29, 1.82) is 0 Å². The Morgan fingerprint density at radius 2 is 1.52 bits per heavy atom. The maximum absolute atomic E-state index is 12.3. The van der Waals surface area contributed by atoms with Crippen molar-refractivity contribution in [1.82, 2.24) is 0 Å². The Morgan fingerprint density at radius 1 is 1.04 bits per heavy atom. The van der Waals surface area contributed by atoms with Gasteiger partial charge in [0, 0.05) is 11.6 Å². The fourth-order valence-electron chi connectivity index (χ4n) is 1.98. The second kappa shape index (κ2) is 6.59. The highest BCUT2D eigenvalue weighted by atomic mass is 19.4. The van der Waals surface area contributed by atoms with Crippen LogP contribution in [0.4, 0.5) is 26.3 Å². The third-order valence-corrected chi connectivity index (χ3v) is 2.88. The SMILES string of the molecule is CC(O)C1N=C(c2cc(OC(F)(F)F)cc(OC(F)(F)F)c2)OC1O. The normalized spacial score (nSPS) is 22.2. The van der Waals surface area contributed by atoms with Crippen LogP contribution in [0.3, 0.4) is 0 Å². The Hall–Kier alpha value is -2.21. The highest BCUT2D eigenvalue weighted by Gasteiger charge is 2.36. The van der Waals surface area contributed by atoms with Gasteiger partial charge in [0.2, 0.25) is 12.2 Å². The number of aliphatic hydroxyl groups excluding tert-OH is 2. The summed E-state index contributed by atoms with van der Waals surface area (Å²) in [5.41, 5.74) is -0.372. The van der Waals surface area contributed by atoms with Gasteiger partial charge in [0.05, 0.1) is 6.10 Å². The molecule has 1 aliphatic heterocycles. The highest BCUT2D eigenvalue weighted by molar-refractivity contribution is 5.96. The molecule has 0 bridgehead atoms. The molecular formula is C13H11F6NO5. The molecule has 0 spiro atoms. The molecule has 1 aliphatic rings. The maximum Gasteiger partial charge on any atom is 0.573 e. The van der Waals surface area contributed by atoms with E-state index in [2.05, 4.69) is 14.5 Å². The van der Waals surface area contributed by atoms with E-state index in [0.717, 1.165) is 0 Å². The number of aliphatic imine (C=N–C) groups is 1. The van der Waals surface area contributed by atoms with E-state index in [9.17, 15) is 36.6 Å². The van der Waals surface area contributed by atoms with Gasteiger partial charge in [-0.25, -0.2) is 4.99 Å². The maximum atomic E-state index is 12.3. The molecule has 3 atom stereocenters. The first-order valence-corrected chi connectivity index (χ1v) is 6.61. The van der Waals surface area contributed by atoms with Crippen LogP contribution < -0.4 is 9.47 Å². The topological polar surface area (TPSA) is 80.5 Å². The van der Waals surface area contributed by atoms with E-state index in [4.69, 9.17) is 4.74 Å². The Bertz CT molecular complexity index is 623. The number of rotatable bonds is 4. The number of ether oxygens (including phenoxy) is 3. The Labute approximate surface area is 136 Å². The van der Waals surface area contributed by atoms with E-state index >= 15 is 0 Å². The van der Waals surface area contributed by atoms with Crippen molar-refractivity contribution >= 4 is 5.90 Å². The molecule has 1 heterocycles. The van der Waals surface area contributed by atoms with Gasteiger partial charge in [-0.15, -0.1) is 26.3 Å². The van der Waals surface area contributed by atoms with E-state index in [1.807, 2.05) is 0 Å². The van der Waals surface area contributed by atoms with Crippen LogP contribution in [0.2, 0.25) is 0 Å². The van der Waals surface area contributed by atoms with Crippen molar-refractivity contribution in [3.05, 3.63) is 23.8 Å². The molecule has 3 unspecified atom stereocenters. The number of nitrogens with zero attached hydrogens (tertiary/aromatic N) is 1. The van der Waals surface area contributed by atoms with E-state index in [-0.39, 0.29) is 5.56 Å². The summed E-state index contributed by atoms with van der Waals surface area (Å²) in [5.74, 6) is -2.49. The zero-order chi connectivity index (χ0) is 19.0. The minimum absolute atomic E-state index is 0.372. The molecule has 1 aromatic carbocycles. The first-order valence-electron chi connectivity index (χ1n) is 6.61. The second-order valence-corrected chi connectivity index (χ2v) is 4.96. The van der Waals surface area contributed by atoms with Gasteiger partial charge in [0.1, 0.15) is 17.5 Å². The third-order valence-electron chi connectivity index (χ3n) is 2.88. The van der Waals surface area contributed by atoms with Crippen LogP contribution >= 0.6 is 0 Å². The fourth-order valence-corrected chi connectivity index (χ4v) is 1.98. The molecule has 0 saturated heterocycles. The van der Waals surface area contributed by atoms with Crippen LogP contribution in [-0.4, -0.2) is 47.3 Å². The lowest BCUT2D eigenvalue weighted by atomic mass is 10.2. The first-order chi connectivity index (χ1) is 11.3. The van der Waals surface area contributed by atoms with Crippen molar-refractivity contribution in [2.45, 2.75) is 38.1 Å². The summed E-state index contributed by atoms with van der Waals surface area (Å²) in [4.78, 5) is 3.73. The summed E-state index contributed by atoms with van der Waals surface area (Å²) in [6, 6.07) is 0.622. The predicted octanol–water partition coefficient (Wildman–Crippen LogP) is 2.33.